The van der Waals surface area contributed by atoms with E-state index in [0.29, 0.717) is 28.9 Å². The fourth-order valence-corrected chi connectivity index (χ4v) is 2.59. The Labute approximate surface area is 135 Å². The molecule has 0 unspecified atom stereocenters. The van der Waals surface area contributed by atoms with Crippen molar-refractivity contribution in [2.75, 3.05) is 0 Å². The first-order chi connectivity index (χ1) is 10.1. The van der Waals surface area contributed by atoms with Crippen molar-refractivity contribution in [2.45, 2.75) is 25.4 Å². The maximum Gasteiger partial charge on any atom is 0.256 e. The second-order valence-electron chi connectivity index (χ2n) is 4.92. The van der Waals surface area contributed by atoms with Crippen LogP contribution < -0.4 is 10.1 Å². The molecule has 1 saturated carbocycles. The summed E-state index contributed by atoms with van der Waals surface area (Å²) in [5.74, 6) is -0.141. The van der Waals surface area contributed by atoms with Crippen LogP contribution in [0.3, 0.4) is 0 Å². The van der Waals surface area contributed by atoms with Gasteiger partial charge in [-0.15, -0.1) is 0 Å². The Morgan fingerprint density at radius 3 is 2.90 bits per heavy atom. The Bertz CT molecular complexity index is 664. The molecule has 3 rings (SSSR count). The molecule has 0 spiro atoms. The van der Waals surface area contributed by atoms with E-state index >= 15 is 0 Å². The largest absolute Gasteiger partial charge is 0.435 e. The molecule has 110 valence electrons. The Morgan fingerprint density at radius 1 is 1.38 bits per heavy atom. The lowest BCUT2D eigenvalue weighted by Gasteiger charge is -2.10. The van der Waals surface area contributed by atoms with Gasteiger partial charge in [-0.25, -0.2) is 9.37 Å². The van der Waals surface area contributed by atoms with Crippen LogP contribution in [-0.4, -0.2) is 11.0 Å². The molecule has 1 aromatic carbocycles. The van der Waals surface area contributed by atoms with Crippen LogP contribution in [-0.2, 0) is 6.54 Å². The first kappa shape index (κ1) is 14.8. The summed E-state index contributed by atoms with van der Waals surface area (Å²) in [6.45, 7) is 0.476. The Morgan fingerprint density at radius 2 is 2.19 bits per heavy atom. The molecule has 1 aromatic heterocycles. The minimum absolute atomic E-state index is 0.0608. The van der Waals surface area contributed by atoms with Crippen molar-refractivity contribution in [1.82, 2.24) is 10.3 Å². The van der Waals surface area contributed by atoms with Crippen LogP contribution in [0, 0.1) is 5.82 Å². The molecule has 0 aliphatic heterocycles. The third-order valence-corrected chi connectivity index (χ3v) is 3.98. The zero-order valence-corrected chi connectivity index (χ0v) is 13.4. The van der Waals surface area contributed by atoms with Gasteiger partial charge >= 0.3 is 0 Å². The lowest BCUT2D eigenvalue weighted by molar-refractivity contribution is 0.417. The molecule has 0 atom stereocenters. The summed E-state index contributed by atoms with van der Waals surface area (Å²) in [7, 11) is 0. The van der Waals surface area contributed by atoms with E-state index < -0.39 is 5.82 Å². The molecule has 3 nitrogen and oxygen atoms in total. The second-order valence-corrected chi connectivity index (χ2v) is 6.24. The summed E-state index contributed by atoms with van der Waals surface area (Å²) in [6, 6.07) is 7.30. The van der Waals surface area contributed by atoms with Crippen LogP contribution >= 0.6 is 27.5 Å². The lowest BCUT2D eigenvalue weighted by Crippen LogP contribution is -2.16. The molecule has 0 radical (unpaired) electrons. The van der Waals surface area contributed by atoms with Gasteiger partial charge < -0.3 is 10.1 Å². The van der Waals surface area contributed by atoms with Gasteiger partial charge in [-0.2, -0.15) is 0 Å². The topological polar surface area (TPSA) is 34.2 Å². The molecule has 2 aromatic rings. The van der Waals surface area contributed by atoms with E-state index in [-0.39, 0.29) is 5.88 Å². The normalized spacial score (nSPS) is 14.2. The van der Waals surface area contributed by atoms with Crippen molar-refractivity contribution in [3.63, 3.8) is 0 Å². The van der Waals surface area contributed by atoms with Crippen molar-refractivity contribution >= 4 is 27.5 Å². The molecule has 1 heterocycles. The van der Waals surface area contributed by atoms with Gasteiger partial charge in [0.2, 0.25) is 0 Å². The predicted molar refractivity (Wildman–Crippen MR) is 83.3 cm³/mol. The van der Waals surface area contributed by atoms with Crippen molar-refractivity contribution in [2.24, 2.45) is 0 Å². The minimum atomic E-state index is -0.454. The van der Waals surface area contributed by atoms with Crippen molar-refractivity contribution in [3.8, 4) is 11.6 Å². The van der Waals surface area contributed by atoms with E-state index in [1.165, 1.54) is 6.20 Å². The van der Waals surface area contributed by atoms with Crippen molar-refractivity contribution in [3.05, 3.63) is 51.3 Å². The number of hydrogen-bond acceptors (Lipinski definition) is 3. The zero-order chi connectivity index (χ0) is 14.8. The number of aromatic nitrogens is 1. The van der Waals surface area contributed by atoms with Crippen LogP contribution in [0.15, 0.2) is 34.9 Å². The molecule has 1 aliphatic carbocycles. The third-order valence-electron chi connectivity index (χ3n) is 3.20. The number of nitrogens with zero attached hydrogens (tertiary/aromatic N) is 1. The fraction of sp³-hybridized carbons (Fsp3) is 0.267. The van der Waals surface area contributed by atoms with Crippen molar-refractivity contribution < 1.29 is 9.13 Å². The Kier molecular flexibility index (Phi) is 4.42. The van der Waals surface area contributed by atoms with Crippen LogP contribution in [0.2, 0.25) is 5.02 Å². The summed E-state index contributed by atoms with van der Waals surface area (Å²) >= 11 is 9.37. The van der Waals surface area contributed by atoms with Crippen LogP contribution in [0.1, 0.15) is 18.4 Å². The van der Waals surface area contributed by atoms with Gasteiger partial charge in [0, 0.05) is 28.8 Å². The number of pyridine rings is 1. The summed E-state index contributed by atoms with van der Waals surface area (Å²) in [5, 5.41) is 3.66. The number of benzene rings is 1. The number of rotatable bonds is 5. The maximum atomic E-state index is 14.4. The van der Waals surface area contributed by atoms with Gasteiger partial charge in [0.05, 0.1) is 5.02 Å². The van der Waals surface area contributed by atoms with Crippen LogP contribution in [0.25, 0.3) is 0 Å². The van der Waals surface area contributed by atoms with Gasteiger partial charge in [-0.3, -0.25) is 0 Å². The molecule has 0 saturated heterocycles. The van der Waals surface area contributed by atoms with E-state index in [4.69, 9.17) is 16.3 Å². The number of ether oxygens (including phenoxy) is 1. The molecule has 21 heavy (non-hydrogen) atoms. The SMILES string of the molecule is Fc1c(CNC2CC2)ccnc1Oc1ccc(Br)cc1Cl. The summed E-state index contributed by atoms with van der Waals surface area (Å²) in [5.41, 5.74) is 0.542. The first-order valence-electron chi connectivity index (χ1n) is 6.63. The summed E-state index contributed by atoms with van der Waals surface area (Å²) in [6.07, 6.45) is 3.85. The first-order valence-corrected chi connectivity index (χ1v) is 7.80. The fourth-order valence-electron chi connectivity index (χ4n) is 1.87. The number of halogens is 3. The summed E-state index contributed by atoms with van der Waals surface area (Å²) < 4.78 is 20.7. The molecule has 1 N–H and O–H groups in total. The molecular weight excluding hydrogens is 359 g/mol. The van der Waals surface area contributed by atoms with Gasteiger partial charge in [0.15, 0.2) is 5.82 Å². The molecule has 0 bridgehead atoms. The maximum absolute atomic E-state index is 14.4. The molecule has 0 amide bonds. The summed E-state index contributed by atoms with van der Waals surface area (Å²) in [4.78, 5) is 3.95. The van der Waals surface area contributed by atoms with Gasteiger partial charge in [-0.05, 0) is 37.1 Å². The Hall–Kier alpha value is -1.17. The quantitative estimate of drug-likeness (QED) is 0.828. The standard InChI is InChI=1S/C15H13BrClFN2O/c16-10-1-4-13(12(17)7-10)21-15-14(18)9(5-6-19-15)8-20-11-2-3-11/h1,4-7,11,20H,2-3,8H2. The van der Waals surface area contributed by atoms with Gasteiger partial charge in [0.25, 0.3) is 5.88 Å². The highest BCUT2D eigenvalue weighted by atomic mass is 79.9. The van der Waals surface area contributed by atoms with Crippen LogP contribution in [0.5, 0.6) is 11.6 Å². The molecule has 1 fully saturated rings. The zero-order valence-electron chi connectivity index (χ0n) is 11.1. The monoisotopic (exact) mass is 370 g/mol. The predicted octanol–water partition coefficient (Wildman–Crippen LogP) is 4.68. The highest BCUT2D eigenvalue weighted by molar-refractivity contribution is 9.10. The lowest BCUT2D eigenvalue weighted by atomic mass is 10.2. The second kappa shape index (κ2) is 6.30. The van der Waals surface area contributed by atoms with E-state index in [0.717, 1.165) is 17.3 Å². The van der Waals surface area contributed by atoms with Gasteiger partial charge in [0.1, 0.15) is 5.75 Å². The molecular formula is C15H13BrClFN2O. The van der Waals surface area contributed by atoms with Crippen molar-refractivity contribution in [1.29, 1.82) is 0 Å². The number of nitrogens with one attached hydrogen (secondary N) is 1. The molecule has 6 heteroatoms. The van der Waals surface area contributed by atoms with Crippen LogP contribution in [0.4, 0.5) is 4.39 Å². The smallest absolute Gasteiger partial charge is 0.256 e. The highest BCUT2D eigenvalue weighted by Gasteiger charge is 2.21. The van der Waals surface area contributed by atoms with E-state index in [9.17, 15) is 4.39 Å². The average molecular weight is 372 g/mol. The van der Waals surface area contributed by atoms with Gasteiger partial charge in [-0.1, -0.05) is 27.5 Å². The van der Waals surface area contributed by atoms with E-state index in [1.807, 2.05) is 0 Å². The number of hydrogen-bond donors (Lipinski definition) is 1. The minimum Gasteiger partial charge on any atom is -0.435 e. The average Bonchev–Trinajstić information content (AvgIpc) is 3.27. The highest BCUT2D eigenvalue weighted by Crippen LogP contribution is 2.32. The molecule has 1 aliphatic rings. The van der Waals surface area contributed by atoms with E-state index in [2.05, 4.69) is 26.2 Å². The third kappa shape index (κ3) is 3.73. The van der Waals surface area contributed by atoms with E-state index in [1.54, 1.807) is 24.3 Å². The Balaban J connectivity index is 1.79.